The van der Waals surface area contributed by atoms with E-state index in [1.807, 2.05) is 36.4 Å². The Bertz CT molecular complexity index is 3150. The first-order valence-electron chi connectivity index (χ1n) is 19.0. The third kappa shape index (κ3) is 4.27. The lowest BCUT2D eigenvalue weighted by Crippen LogP contribution is -2.26. The number of aromatic nitrogens is 3. The number of benzene rings is 8. The van der Waals surface area contributed by atoms with E-state index in [-0.39, 0.29) is 0 Å². The van der Waals surface area contributed by atoms with Crippen molar-refractivity contribution in [2.45, 2.75) is 5.41 Å². The average Bonchev–Trinajstić information content (AvgIpc) is 3.90. The number of nitrogens with zero attached hydrogens (tertiary/aromatic N) is 3. The van der Waals surface area contributed by atoms with Gasteiger partial charge >= 0.3 is 0 Å². The molecule has 0 saturated carbocycles. The Morgan fingerprint density at radius 1 is 0.321 bits per heavy atom. The Morgan fingerprint density at radius 3 is 1.50 bits per heavy atom. The molecule has 0 fully saturated rings. The van der Waals surface area contributed by atoms with E-state index in [9.17, 15) is 0 Å². The van der Waals surface area contributed by atoms with Gasteiger partial charge in [0.25, 0.3) is 0 Å². The molecule has 0 aliphatic heterocycles. The summed E-state index contributed by atoms with van der Waals surface area (Å²) in [6.45, 7) is 0. The first-order chi connectivity index (χ1) is 27.8. The van der Waals surface area contributed by atoms with E-state index in [4.69, 9.17) is 19.4 Å². The van der Waals surface area contributed by atoms with Gasteiger partial charge in [0, 0.05) is 27.5 Å². The van der Waals surface area contributed by atoms with E-state index in [1.165, 1.54) is 44.5 Å². The van der Waals surface area contributed by atoms with E-state index in [2.05, 4.69) is 152 Å². The Kier molecular flexibility index (Phi) is 6.52. The predicted octanol–water partition coefficient (Wildman–Crippen LogP) is 12.8. The quantitative estimate of drug-likeness (QED) is 0.182. The summed E-state index contributed by atoms with van der Waals surface area (Å²) in [6, 6.07) is 66.8. The van der Waals surface area contributed by atoms with Crippen LogP contribution in [0.25, 0.3) is 89.5 Å². The first-order valence-corrected chi connectivity index (χ1v) is 19.0. The molecule has 12 rings (SSSR count). The van der Waals surface area contributed by atoms with E-state index in [0.29, 0.717) is 17.5 Å². The van der Waals surface area contributed by atoms with Crippen LogP contribution in [0.2, 0.25) is 0 Å². The summed E-state index contributed by atoms with van der Waals surface area (Å²) in [5, 5.41) is 2.15. The highest BCUT2D eigenvalue weighted by atomic mass is 16.3. The highest BCUT2D eigenvalue weighted by Crippen LogP contribution is 2.64. The Morgan fingerprint density at radius 2 is 0.804 bits per heavy atom. The maximum atomic E-state index is 6.32. The molecule has 4 nitrogen and oxygen atoms in total. The molecule has 0 N–H and O–H groups in total. The van der Waals surface area contributed by atoms with Gasteiger partial charge in [0.2, 0.25) is 0 Å². The van der Waals surface area contributed by atoms with Crippen LogP contribution in [0.4, 0.5) is 0 Å². The minimum absolute atomic E-state index is 0.496. The minimum Gasteiger partial charge on any atom is -0.456 e. The minimum atomic E-state index is -0.496. The van der Waals surface area contributed by atoms with E-state index in [1.54, 1.807) is 0 Å². The van der Waals surface area contributed by atoms with Crippen molar-refractivity contribution >= 4 is 21.9 Å². The van der Waals surface area contributed by atoms with Crippen molar-refractivity contribution in [3.63, 3.8) is 0 Å². The summed E-state index contributed by atoms with van der Waals surface area (Å²) in [6.07, 6.45) is 0. The zero-order valence-electron chi connectivity index (χ0n) is 30.1. The van der Waals surface area contributed by atoms with E-state index < -0.39 is 5.41 Å². The fourth-order valence-corrected chi connectivity index (χ4v) is 9.50. The lowest BCUT2D eigenvalue weighted by molar-refractivity contribution is 0.669. The molecule has 10 aromatic rings. The number of hydrogen-bond donors (Lipinski definition) is 0. The largest absolute Gasteiger partial charge is 0.456 e. The summed E-state index contributed by atoms with van der Waals surface area (Å²) in [7, 11) is 0. The molecule has 4 heteroatoms. The molecule has 2 aromatic heterocycles. The topological polar surface area (TPSA) is 51.8 Å². The Hall–Kier alpha value is -7.43. The molecular weight excluding hydrogens is 683 g/mol. The Balaban J connectivity index is 1.11. The van der Waals surface area contributed by atoms with E-state index >= 15 is 0 Å². The van der Waals surface area contributed by atoms with Crippen LogP contribution >= 0.6 is 0 Å². The molecule has 0 saturated heterocycles. The van der Waals surface area contributed by atoms with Crippen LogP contribution in [0.1, 0.15) is 22.3 Å². The van der Waals surface area contributed by atoms with Crippen molar-refractivity contribution in [1.82, 2.24) is 15.0 Å². The van der Waals surface area contributed by atoms with Crippen LogP contribution < -0.4 is 0 Å². The number of fused-ring (bicyclic) bond motifs is 13. The monoisotopic (exact) mass is 713 g/mol. The van der Waals surface area contributed by atoms with Gasteiger partial charge in [-0.3, -0.25) is 0 Å². The fourth-order valence-electron chi connectivity index (χ4n) is 9.50. The van der Waals surface area contributed by atoms with Crippen LogP contribution in [0.15, 0.2) is 192 Å². The lowest BCUT2D eigenvalue weighted by atomic mass is 9.68. The fraction of sp³-hybridized carbons (Fsp3) is 0.0192. The summed E-state index contributed by atoms with van der Waals surface area (Å²) in [5.41, 5.74) is 16.4. The highest BCUT2D eigenvalue weighted by Gasteiger charge is 2.52. The summed E-state index contributed by atoms with van der Waals surface area (Å²) < 4.78 is 6.32. The molecule has 260 valence electrons. The molecule has 56 heavy (non-hydrogen) atoms. The van der Waals surface area contributed by atoms with Crippen molar-refractivity contribution < 1.29 is 4.42 Å². The number of para-hydroxylation sites is 1. The molecule has 2 aliphatic carbocycles. The van der Waals surface area contributed by atoms with Gasteiger partial charge in [0.05, 0.1) is 5.41 Å². The van der Waals surface area contributed by atoms with Crippen molar-refractivity contribution in [3.05, 3.63) is 210 Å². The summed E-state index contributed by atoms with van der Waals surface area (Å²) in [5.74, 6) is 1.82. The van der Waals surface area contributed by atoms with E-state index in [0.717, 1.165) is 49.8 Å². The van der Waals surface area contributed by atoms with Crippen molar-refractivity contribution in [3.8, 4) is 67.5 Å². The number of rotatable bonds is 4. The molecule has 1 spiro atoms. The first kappa shape index (κ1) is 31.0. The standard InChI is InChI=1S/C52H31N3O/c1-2-15-32(16-3-1)49-53-50(33-29-30-39-38-21-9-13-28-46(38)56-47(39)31-33)55-51(54-49)42-22-5-4-17-34(42)40-23-14-24-41-37-20-8-12-27-45(37)52(48(40)41)43-25-10-6-18-35(43)36-19-7-11-26-44(36)52/h1-31H. The van der Waals surface area contributed by atoms with Crippen LogP contribution in [0, 0.1) is 0 Å². The summed E-state index contributed by atoms with van der Waals surface area (Å²) in [4.78, 5) is 15.6. The van der Waals surface area contributed by atoms with Crippen LogP contribution in [-0.4, -0.2) is 15.0 Å². The van der Waals surface area contributed by atoms with Crippen molar-refractivity contribution in [2.75, 3.05) is 0 Å². The zero-order valence-corrected chi connectivity index (χ0v) is 30.1. The molecule has 8 aromatic carbocycles. The van der Waals surface area contributed by atoms with Gasteiger partial charge in [-0.1, -0.05) is 170 Å². The second kappa shape index (κ2) is 11.8. The molecule has 2 heterocycles. The van der Waals surface area contributed by atoms with Crippen molar-refractivity contribution in [2.24, 2.45) is 0 Å². The van der Waals surface area contributed by atoms with Crippen LogP contribution in [-0.2, 0) is 5.41 Å². The molecule has 0 radical (unpaired) electrons. The lowest BCUT2D eigenvalue weighted by Gasteiger charge is -2.32. The molecule has 2 aliphatic rings. The Labute approximate surface area is 323 Å². The second-order valence-corrected chi connectivity index (χ2v) is 14.6. The van der Waals surface area contributed by atoms with Gasteiger partial charge in [-0.2, -0.15) is 0 Å². The maximum Gasteiger partial charge on any atom is 0.164 e. The van der Waals surface area contributed by atoms with Crippen LogP contribution in [0.3, 0.4) is 0 Å². The number of hydrogen-bond acceptors (Lipinski definition) is 4. The second-order valence-electron chi connectivity index (χ2n) is 14.6. The van der Waals surface area contributed by atoms with Gasteiger partial charge in [-0.15, -0.1) is 0 Å². The van der Waals surface area contributed by atoms with Crippen LogP contribution in [0.5, 0.6) is 0 Å². The SMILES string of the molecule is c1ccc(-c2nc(-c3ccc4c(c3)oc3ccccc34)nc(-c3ccccc3-c3cccc4c3C3(c5ccccc5-c5ccccc53)c3ccccc3-4)n2)cc1. The third-order valence-electron chi connectivity index (χ3n) is 11.8. The maximum absolute atomic E-state index is 6.32. The average molecular weight is 714 g/mol. The molecule has 0 amide bonds. The molecule has 0 unspecified atom stereocenters. The van der Waals surface area contributed by atoms with Gasteiger partial charge in [-0.05, 0) is 73.8 Å². The van der Waals surface area contributed by atoms with Gasteiger partial charge < -0.3 is 4.42 Å². The normalized spacial score (nSPS) is 13.1. The molecular formula is C52H31N3O. The van der Waals surface area contributed by atoms with Crippen molar-refractivity contribution in [1.29, 1.82) is 0 Å². The van der Waals surface area contributed by atoms with Gasteiger partial charge in [0.1, 0.15) is 11.2 Å². The highest BCUT2D eigenvalue weighted by molar-refractivity contribution is 6.06. The summed E-state index contributed by atoms with van der Waals surface area (Å²) >= 11 is 0. The van der Waals surface area contributed by atoms with Gasteiger partial charge in [0.15, 0.2) is 17.5 Å². The molecule has 0 atom stereocenters. The zero-order chi connectivity index (χ0) is 36.8. The third-order valence-corrected chi connectivity index (χ3v) is 11.8. The smallest absolute Gasteiger partial charge is 0.164 e. The molecule has 0 bridgehead atoms. The number of furan rings is 1. The van der Waals surface area contributed by atoms with Gasteiger partial charge in [-0.25, -0.2) is 15.0 Å². The predicted molar refractivity (Wildman–Crippen MR) is 225 cm³/mol.